The van der Waals surface area contributed by atoms with Crippen LogP contribution in [0, 0.1) is 0 Å². The average molecular weight is 317 g/mol. The molecular formula is C19H27NO3. The third-order valence-electron chi connectivity index (χ3n) is 3.98. The van der Waals surface area contributed by atoms with Gasteiger partial charge in [0.25, 0.3) is 0 Å². The van der Waals surface area contributed by atoms with E-state index in [0.717, 1.165) is 31.5 Å². The first-order valence-electron chi connectivity index (χ1n) is 8.42. The number of hydrogen-bond acceptors (Lipinski definition) is 3. The molecule has 1 aromatic carbocycles. The summed E-state index contributed by atoms with van der Waals surface area (Å²) in [5.74, 6) is -0.816. The van der Waals surface area contributed by atoms with Crippen molar-refractivity contribution in [3.05, 3.63) is 35.9 Å². The number of nitrogens with zero attached hydrogens (tertiary/aromatic N) is 1. The Morgan fingerprint density at radius 3 is 2.26 bits per heavy atom. The summed E-state index contributed by atoms with van der Waals surface area (Å²) in [4.78, 5) is 27.0. The molecule has 1 unspecified atom stereocenters. The van der Waals surface area contributed by atoms with E-state index in [1.165, 1.54) is 6.42 Å². The average Bonchev–Trinajstić information content (AvgIpc) is 2.52. The summed E-state index contributed by atoms with van der Waals surface area (Å²) in [6.07, 6.45) is 3.46. The van der Waals surface area contributed by atoms with Crippen molar-refractivity contribution in [3.63, 3.8) is 0 Å². The highest BCUT2D eigenvalue weighted by Crippen LogP contribution is 2.25. The van der Waals surface area contributed by atoms with E-state index >= 15 is 0 Å². The number of amides is 1. The van der Waals surface area contributed by atoms with Crippen LogP contribution in [0.5, 0.6) is 0 Å². The third kappa shape index (κ3) is 5.38. The molecule has 0 aliphatic carbocycles. The maximum absolute atomic E-state index is 12.6. The quantitative estimate of drug-likeness (QED) is 0.798. The lowest BCUT2D eigenvalue weighted by Crippen LogP contribution is -2.38. The second-order valence-electron chi connectivity index (χ2n) is 7.14. The molecule has 0 bridgehead atoms. The van der Waals surface area contributed by atoms with Gasteiger partial charge in [-0.25, -0.2) is 0 Å². The highest BCUT2D eigenvalue weighted by molar-refractivity contribution is 5.87. The zero-order valence-corrected chi connectivity index (χ0v) is 14.4. The maximum Gasteiger partial charge on any atom is 0.314 e. The van der Waals surface area contributed by atoms with Crippen LogP contribution >= 0.6 is 0 Å². The van der Waals surface area contributed by atoms with Gasteiger partial charge in [-0.3, -0.25) is 9.59 Å². The van der Waals surface area contributed by atoms with E-state index in [1.807, 2.05) is 56.0 Å². The summed E-state index contributed by atoms with van der Waals surface area (Å²) in [5.41, 5.74) is 0.283. The molecule has 4 heteroatoms. The van der Waals surface area contributed by atoms with Crippen LogP contribution in [0.15, 0.2) is 30.3 Å². The minimum atomic E-state index is -0.557. The predicted octanol–water partition coefficient (Wildman–Crippen LogP) is 3.51. The monoisotopic (exact) mass is 317 g/mol. The molecule has 23 heavy (non-hydrogen) atoms. The molecule has 0 aromatic heterocycles. The number of ether oxygens (including phenoxy) is 1. The topological polar surface area (TPSA) is 46.6 Å². The molecule has 0 N–H and O–H groups in total. The van der Waals surface area contributed by atoms with E-state index < -0.39 is 11.5 Å². The van der Waals surface area contributed by atoms with Crippen LogP contribution in [0.4, 0.5) is 0 Å². The molecule has 0 radical (unpaired) electrons. The Hall–Kier alpha value is -1.84. The van der Waals surface area contributed by atoms with Crippen molar-refractivity contribution in [3.8, 4) is 0 Å². The molecule has 1 heterocycles. The molecule has 1 aromatic rings. The SMILES string of the molecule is CC(C)(C)OC(=O)C(CC(=O)N1CCCCC1)c1ccccc1. The van der Waals surface area contributed by atoms with Crippen molar-refractivity contribution in [1.29, 1.82) is 0 Å². The van der Waals surface area contributed by atoms with Crippen LogP contribution < -0.4 is 0 Å². The summed E-state index contributed by atoms with van der Waals surface area (Å²) < 4.78 is 5.53. The molecule has 1 amide bonds. The summed E-state index contributed by atoms with van der Waals surface area (Å²) in [6.45, 7) is 7.14. The minimum absolute atomic E-state index is 0.0458. The molecule has 126 valence electrons. The molecule has 0 spiro atoms. The minimum Gasteiger partial charge on any atom is -0.459 e. The molecule has 1 atom stereocenters. The number of rotatable bonds is 4. The largest absolute Gasteiger partial charge is 0.459 e. The van der Waals surface area contributed by atoms with Gasteiger partial charge in [-0.05, 0) is 45.6 Å². The molecule has 1 aliphatic heterocycles. The van der Waals surface area contributed by atoms with Crippen molar-refractivity contribution in [2.45, 2.75) is 58.0 Å². The fourth-order valence-electron chi connectivity index (χ4n) is 2.84. The molecule has 4 nitrogen and oxygen atoms in total. The smallest absolute Gasteiger partial charge is 0.314 e. The molecule has 0 saturated carbocycles. The first-order chi connectivity index (χ1) is 10.9. The van der Waals surface area contributed by atoms with Gasteiger partial charge in [-0.2, -0.15) is 0 Å². The predicted molar refractivity (Wildman–Crippen MR) is 90.1 cm³/mol. The summed E-state index contributed by atoms with van der Waals surface area (Å²) in [6, 6.07) is 9.45. The van der Waals surface area contributed by atoms with Crippen molar-refractivity contribution < 1.29 is 14.3 Å². The van der Waals surface area contributed by atoms with E-state index in [4.69, 9.17) is 4.74 Å². The van der Waals surface area contributed by atoms with Crippen molar-refractivity contribution >= 4 is 11.9 Å². The molecular weight excluding hydrogens is 290 g/mol. The van der Waals surface area contributed by atoms with Gasteiger partial charge >= 0.3 is 5.97 Å². The summed E-state index contributed by atoms with van der Waals surface area (Å²) in [7, 11) is 0. The number of likely N-dealkylation sites (tertiary alicyclic amines) is 1. The lowest BCUT2D eigenvalue weighted by molar-refractivity contribution is -0.158. The van der Waals surface area contributed by atoms with Gasteiger partial charge in [0.2, 0.25) is 5.91 Å². The Kier molecular flexibility index (Phi) is 5.80. The van der Waals surface area contributed by atoms with Crippen LogP contribution in [0.3, 0.4) is 0 Å². The second-order valence-corrected chi connectivity index (χ2v) is 7.14. The van der Waals surface area contributed by atoms with Gasteiger partial charge in [0, 0.05) is 19.5 Å². The van der Waals surface area contributed by atoms with Crippen molar-refractivity contribution in [2.24, 2.45) is 0 Å². The zero-order valence-electron chi connectivity index (χ0n) is 14.4. The Labute approximate surface area is 138 Å². The molecule has 1 saturated heterocycles. The van der Waals surface area contributed by atoms with Crippen molar-refractivity contribution in [2.75, 3.05) is 13.1 Å². The van der Waals surface area contributed by atoms with E-state index in [2.05, 4.69) is 0 Å². The third-order valence-corrected chi connectivity index (χ3v) is 3.98. The fraction of sp³-hybridized carbons (Fsp3) is 0.579. The van der Waals surface area contributed by atoms with Crippen molar-refractivity contribution in [1.82, 2.24) is 4.90 Å². The van der Waals surface area contributed by atoms with Crippen LogP contribution in [0.25, 0.3) is 0 Å². The van der Waals surface area contributed by atoms with Crippen LogP contribution in [0.1, 0.15) is 57.9 Å². The number of hydrogen-bond donors (Lipinski definition) is 0. The number of carbonyl (C=O) groups excluding carboxylic acids is 2. The zero-order chi connectivity index (χ0) is 16.9. The van der Waals surface area contributed by atoms with Gasteiger partial charge < -0.3 is 9.64 Å². The van der Waals surface area contributed by atoms with Gasteiger partial charge in [0.15, 0.2) is 0 Å². The van der Waals surface area contributed by atoms with E-state index in [9.17, 15) is 9.59 Å². The molecule has 1 aliphatic rings. The normalized spacial score (nSPS) is 16.7. The van der Waals surface area contributed by atoms with Crippen LogP contribution in [-0.2, 0) is 14.3 Å². The van der Waals surface area contributed by atoms with E-state index in [1.54, 1.807) is 0 Å². The van der Waals surface area contributed by atoms with Gasteiger partial charge in [-0.15, -0.1) is 0 Å². The first kappa shape index (κ1) is 17.5. The Balaban J connectivity index is 2.13. The highest BCUT2D eigenvalue weighted by Gasteiger charge is 2.30. The second kappa shape index (κ2) is 7.62. The molecule has 2 rings (SSSR count). The lowest BCUT2D eigenvalue weighted by atomic mass is 9.94. The van der Waals surface area contributed by atoms with Gasteiger partial charge in [-0.1, -0.05) is 30.3 Å². The van der Waals surface area contributed by atoms with Gasteiger partial charge in [0.1, 0.15) is 5.60 Å². The fourth-order valence-corrected chi connectivity index (χ4v) is 2.84. The summed E-state index contributed by atoms with van der Waals surface area (Å²) in [5, 5.41) is 0. The highest BCUT2D eigenvalue weighted by atomic mass is 16.6. The number of carbonyl (C=O) groups is 2. The Bertz CT molecular complexity index is 527. The van der Waals surface area contributed by atoms with E-state index in [0.29, 0.717) is 0 Å². The van der Waals surface area contributed by atoms with Crippen LogP contribution in [-0.4, -0.2) is 35.5 Å². The summed E-state index contributed by atoms with van der Waals surface area (Å²) >= 11 is 0. The molecule has 1 fully saturated rings. The lowest BCUT2D eigenvalue weighted by Gasteiger charge is -2.29. The number of piperidine rings is 1. The first-order valence-corrected chi connectivity index (χ1v) is 8.42. The van der Waals surface area contributed by atoms with Crippen LogP contribution in [0.2, 0.25) is 0 Å². The van der Waals surface area contributed by atoms with E-state index in [-0.39, 0.29) is 18.3 Å². The maximum atomic E-state index is 12.6. The number of benzene rings is 1. The number of esters is 1. The Morgan fingerprint density at radius 2 is 1.70 bits per heavy atom. The van der Waals surface area contributed by atoms with Gasteiger partial charge in [0.05, 0.1) is 5.92 Å². The standard InChI is InChI=1S/C19H27NO3/c1-19(2,3)23-18(22)16(15-10-6-4-7-11-15)14-17(21)20-12-8-5-9-13-20/h4,6-7,10-11,16H,5,8-9,12-14H2,1-3H3. The Morgan fingerprint density at radius 1 is 1.09 bits per heavy atom.